The zero-order valence-electron chi connectivity index (χ0n) is 32.0. The smallest absolute Gasteiger partial charge is 0.306 e. The average molecular weight is 781 g/mol. The lowest BCUT2D eigenvalue weighted by molar-refractivity contribution is -0.297. The van der Waals surface area contributed by atoms with E-state index in [2.05, 4.69) is 32.1 Å². The van der Waals surface area contributed by atoms with E-state index in [1.54, 1.807) is 0 Å². The van der Waals surface area contributed by atoms with E-state index < -0.39 is 71.2 Å². The van der Waals surface area contributed by atoms with Crippen molar-refractivity contribution in [2.75, 3.05) is 19.0 Å². The lowest BCUT2D eigenvalue weighted by Gasteiger charge is -2.40. The summed E-state index contributed by atoms with van der Waals surface area (Å²) in [5, 5.41) is 30.7. The highest BCUT2D eigenvalue weighted by atomic mass is 32.2. The topological polar surface area (TPSA) is 186 Å². The van der Waals surface area contributed by atoms with Crippen LogP contribution in [-0.4, -0.2) is 96.0 Å². The van der Waals surface area contributed by atoms with Crippen LogP contribution in [0.1, 0.15) is 104 Å². The first-order valence-corrected chi connectivity index (χ1v) is 20.8. The summed E-state index contributed by atoms with van der Waals surface area (Å²) in [5.74, 6) is -2.18. The van der Waals surface area contributed by atoms with Crippen molar-refractivity contribution < 1.29 is 56.8 Å². The Kier molecular flexibility index (Phi) is 28.1. The van der Waals surface area contributed by atoms with E-state index in [0.29, 0.717) is 19.3 Å². The third-order valence-electron chi connectivity index (χ3n) is 8.10. The van der Waals surface area contributed by atoms with Crippen LogP contribution in [0.25, 0.3) is 0 Å². The zero-order chi connectivity index (χ0) is 39.9. The van der Waals surface area contributed by atoms with Crippen LogP contribution in [0, 0.1) is 0 Å². The van der Waals surface area contributed by atoms with Gasteiger partial charge in [0.25, 0.3) is 10.1 Å². The summed E-state index contributed by atoms with van der Waals surface area (Å²) >= 11 is 0. The van der Waals surface area contributed by atoms with Gasteiger partial charge >= 0.3 is 11.9 Å². The SMILES string of the molecule is CC/C=C/C=C/C=C/C=C/C=C/CCCC(=O)OC(COC(=O)CC/C=C/C/C=C/CCCCCCCC)CO[C@@H]1O[C@@H](CS(=O)(=O)O)[C@H](O)C(O)C1O. The van der Waals surface area contributed by atoms with Gasteiger partial charge in [-0.15, -0.1) is 0 Å². The number of carbonyl (C=O) groups excluding carboxylic acids is 2. The van der Waals surface area contributed by atoms with Crippen molar-refractivity contribution in [3.63, 3.8) is 0 Å². The average Bonchev–Trinajstić information content (AvgIpc) is 3.13. The summed E-state index contributed by atoms with van der Waals surface area (Å²) in [4.78, 5) is 25.2. The van der Waals surface area contributed by atoms with Gasteiger partial charge in [-0.05, 0) is 44.9 Å². The first-order chi connectivity index (χ1) is 26.0. The summed E-state index contributed by atoms with van der Waals surface area (Å²) in [6.45, 7) is 3.44. The monoisotopic (exact) mass is 780 g/mol. The van der Waals surface area contributed by atoms with Crippen LogP contribution in [0.3, 0.4) is 0 Å². The van der Waals surface area contributed by atoms with E-state index in [9.17, 15) is 37.9 Å². The summed E-state index contributed by atoms with van der Waals surface area (Å²) < 4.78 is 53.6. The van der Waals surface area contributed by atoms with Gasteiger partial charge in [-0.25, -0.2) is 0 Å². The van der Waals surface area contributed by atoms with Crippen LogP contribution < -0.4 is 0 Å². The number of hydrogen-bond donors (Lipinski definition) is 4. The predicted octanol–water partition coefficient (Wildman–Crippen LogP) is 6.55. The molecule has 0 radical (unpaired) electrons. The molecule has 6 atom stereocenters. The van der Waals surface area contributed by atoms with Gasteiger partial charge in [0, 0.05) is 12.8 Å². The fourth-order valence-electron chi connectivity index (χ4n) is 5.11. The Balaban J connectivity index is 2.64. The van der Waals surface area contributed by atoms with Gasteiger partial charge < -0.3 is 34.3 Å². The second kappa shape index (κ2) is 31.1. The van der Waals surface area contributed by atoms with E-state index in [4.69, 9.17) is 18.9 Å². The van der Waals surface area contributed by atoms with Gasteiger partial charge in [-0.2, -0.15) is 8.42 Å². The van der Waals surface area contributed by atoms with E-state index in [-0.39, 0.29) is 19.4 Å². The van der Waals surface area contributed by atoms with Crippen molar-refractivity contribution in [3.05, 3.63) is 85.1 Å². The first kappa shape index (κ1) is 48.8. The van der Waals surface area contributed by atoms with Crippen molar-refractivity contribution >= 4 is 22.1 Å². The molecule has 0 aromatic carbocycles. The second-order valence-electron chi connectivity index (χ2n) is 13.0. The number of esters is 2. The second-order valence-corrected chi connectivity index (χ2v) is 14.5. The highest BCUT2D eigenvalue weighted by Crippen LogP contribution is 2.23. The molecule has 306 valence electrons. The fourth-order valence-corrected chi connectivity index (χ4v) is 5.80. The number of hydrogen-bond acceptors (Lipinski definition) is 11. The molecule has 0 amide bonds. The molecule has 0 spiro atoms. The molecule has 1 aliphatic heterocycles. The Labute approximate surface area is 322 Å². The van der Waals surface area contributed by atoms with Gasteiger partial charge in [0.15, 0.2) is 12.4 Å². The minimum Gasteiger partial charge on any atom is -0.462 e. The standard InChI is InChI=1S/C41H64O12S/c1-3-5-7-9-11-13-15-17-19-21-23-25-27-29-36(42)50-31-34(32-51-41-40(46)39(45)38(44)35(53-41)33-54(47,48)49)52-37(43)30-28-26-24-22-20-18-16-14-12-10-8-6-4-2/h6,8,10,12,14,16-20,22-25,34-35,38-41,44-46H,3-5,7,9,11,13,15,21,26-33H2,1-2H3,(H,47,48,49)/b8-6+,12-10+,16-14+,19-17+,20-18+,24-22+,25-23+/t34?,35-,38-,39?,40?,41+/m0/s1. The Morgan fingerprint density at radius 3 is 1.94 bits per heavy atom. The maximum absolute atomic E-state index is 12.7. The molecule has 0 aliphatic carbocycles. The number of aliphatic hydroxyl groups excluding tert-OH is 3. The highest BCUT2D eigenvalue weighted by molar-refractivity contribution is 7.85. The fraction of sp³-hybridized carbons (Fsp3) is 0.610. The van der Waals surface area contributed by atoms with Crippen LogP contribution in [0.5, 0.6) is 0 Å². The van der Waals surface area contributed by atoms with Crippen LogP contribution >= 0.6 is 0 Å². The van der Waals surface area contributed by atoms with Gasteiger partial charge in [0.2, 0.25) is 0 Å². The van der Waals surface area contributed by atoms with Crippen LogP contribution in [-0.2, 0) is 38.7 Å². The number of ether oxygens (including phenoxy) is 4. The third-order valence-corrected chi connectivity index (χ3v) is 8.85. The summed E-state index contributed by atoms with van der Waals surface area (Å²) in [5.41, 5.74) is 0. The molecule has 0 aromatic rings. The van der Waals surface area contributed by atoms with Crippen LogP contribution in [0.4, 0.5) is 0 Å². The number of allylic oxidation sites excluding steroid dienone is 14. The molecule has 1 rings (SSSR count). The van der Waals surface area contributed by atoms with E-state index >= 15 is 0 Å². The van der Waals surface area contributed by atoms with Crippen molar-refractivity contribution in [2.24, 2.45) is 0 Å². The van der Waals surface area contributed by atoms with Gasteiger partial charge in [-0.3, -0.25) is 14.1 Å². The molecule has 4 N–H and O–H groups in total. The molecular weight excluding hydrogens is 717 g/mol. The molecule has 0 saturated carbocycles. The minimum atomic E-state index is -4.62. The first-order valence-electron chi connectivity index (χ1n) is 19.2. The number of rotatable bonds is 29. The summed E-state index contributed by atoms with van der Waals surface area (Å²) in [7, 11) is -4.62. The Morgan fingerprint density at radius 1 is 0.667 bits per heavy atom. The summed E-state index contributed by atoms with van der Waals surface area (Å²) in [6.07, 6.45) is 29.6. The van der Waals surface area contributed by atoms with Crippen molar-refractivity contribution in [1.82, 2.24) is 0 Å². The number of carbonyl (C=O) groups is 2. The molecule has 1 saturated heterocycles. The van der Waals surface area contributed by atoms with Crippen LogP contribution in [0.2, 0.25) is 0 Å². The van der Waals surface area contributed by atoms with Crippen molar-refractivity contribution in [2.45, 2.75) is 141 Å². The lowest BCUT2D eigenvalue weighted by atomic mass is 10.00. The Bertz CT molecular complexity index is 1330. The molecule has 13 heteroatoms. The number of aliphatic hydroxyl groups is 3. The van der Waals surface area contributed by atoms with Gasteiger partial charge in [0.05, 0.1) is 6.61 Å². The Hall–Kier alpha value is -3.17. The molecule has 54 heavy (non-hydrogen) atoms. The van der Waals surface area contributed by atoms with Crippen LogP contribution in [0.15, 0.2) is 85.1 Å². The van der Waals surface area contributed by atoms with E-state index in [0.717, 1.165) is 19.3 Å². The minimum absolute atomic E-state index is 0.0522. The molecule has 1 aliphatic rings. The maximum Gasteiger partial charge on any atom is 0.306 e. The van der Waals surface area contributed by atoms with Gasteiger partial charge in [-0.1, -0.05) is 131 Å². The predicted molar refractivity (Wildman–Crippen MR) is 210 cm³/mol. The highest BCUT2D eigenvalue weighted by Gasteiger charge is 2.46. The van der Waals surface area contributed by atoms with E-state index in [1.807, 2.05) is 66.8 Å². The molecule has 12 nitrogen and oxygen atoms in total. The largest absolute Gasteiger partial charge is 0.462 e. The molecule has 3 unspecified atom stereocenters. The molecular formula is C41H64O12S. The Morgan fingerprint density at radius 2 is 1.28 bits per heavy atom. The van der Waals surface area contributed by atoms with Crippen molar-refractivity contribution in [3.8, 4) is 0 Å². The van der Waals surface area contributed by atoms with Crippen molar-refractivity contribution in [1.29, 1.82) is 0 Å². The maximum atomic E-state index is 12.7. The molecule has 0 bridgehead atoms. The van der Waals surface area contributed by atoms with E-state index in [1.165, 1.54) is 38.5 Å². The quantitative estimate of drug-likeness (QED) is 0.0211. The molecule has 1 heterocycles. The zero-order valence-corrected chi connectivity index (χ0v) is 32.8. The normalized spacial score (nSPS) is 21.9. The summed E-state index contributed by atoms with van der Waals surface area (Å²) in [6, 6.07) is 0. The van der Waals surface area contributed by atoms with Gasteiger partial charge in [0.1, 0.15) is 36.8 Å². The number of unbranched alkanes of at least 4 members (excludes halogenated alkanes) is 7. The third kappa shape index (κ3) is 25.8. The molecule has 1 fully saturated rings. The lowest BCUT2D eigenvalue weighted by Crippen LogP contribution is -2.60. The molecule has 0 aromatic heterocycles.